The largest absolute Gasteiger partial charge is 0.489 e. The van der Waals surface area contributed by atoms with E-state index in [1.807, 2.05) is 73.7 Å². The minimum Gasteiger partial charge on any atom is -0.489 e. The number of hydrogen-bond acceptors (Lipinski definition) is 7. The first-order valence-electron chi connectivity index (χ1n) is 11.6. The van der Waals surface area contributed by atoms with Gasteiger partial charge >= 0.3 is 0 Å². The number of rotatable bonds is 8. The van der Waals surface area contributed by atoms with Crippen LogP contribution in [-0.2, 0) is 22.9 Å². The van der Waals surface area contributed by atoms with Crippen molar-refractivity contribution in [2.45, 2.75) is 30.1 Å². The minimum absolute atomic E-state index is 0.159. The van der Waals surface area contributed by atoms with E-state index in [0.29, 0.717) is 28.8 Å². The van der Waals surface area contributed by atoms with E-state index in [2.05, 4.69) is 26.5 Å². The van der Waals surface area contributed by atoms with Crippen LogP contribution in [0.4, 0.5) is 0 Å². The Morgan fingerprint density at radius 1 is 1.11 bits per heavy atom. The summed E-state index contributed by atoms with van der Waals surface area (Å²) >= 11 is 1.31. The molecule has 0 bridgehead atoms. The third-order valence-corrected chi connectivity index (χ3v) is 9.15. The van der Waals surface area contributed by atoms with Gasteiger partial charge in [-0.2, -0.15) is 0 Å². The van der Waals surface area contributed by atoms with Gasteiger partial charge in [0.2, 0.25) is 0 Å². The Balaban J connectivity index is 1.39. The lowest BCUT2D eigenvalue weighted by atomic mass is 9.96. The van der Waals surface area contributed by atoms with E-state index in [4.69, 9.17) is 11.2 Å². The molecular formula is C28H24N4O3S2. The molecule has 0 aliphatic carbocycles. The van der Waals surface area contributed by atoms with Crippen LogP contribution in [-0.4, -0.2) is 35.3 Å². The fourth-order valence-electron chi connectivity index (χ4n) is 4.28. The lowest BCUT2D eigenvalue weighted by Gasteiger charge is -2.11. The van der Waals surface area contributed by atoms with Crippen molar-refractivity contribution in [3.63, 3.8) is 0 Å². The molecule has 7 nitrogen and oxygen atoms in total. The second-order valence-corrected chi connectivity index (χ2v) is 12.1. The van der Waals surface area contributed by atoms with E-state index in [1.54, 1.807) is 0 Å². The molecule has 0 fully saturated rings. The Morgan fingerprint density at radius 3 is 2.57 bits per heavy atom. The molecule has 9 heteroatoms. The minimum atomic E-state index is -3.40. The SMILES string of the molecule is C#C[C@@H](Cc1nnn[nH]1)c1ccc(OCc2ccc3sc(S(C)(=O)=O)c(-c4ccccc4C)c3c2)cc1. The predicted molar refractivity (Wildman–Crippen MR) is 145 cm³/mol. The molecule has 3 aromatic carbocycles. The highest BCUT2D eigenvalue weighted by molar-refractivity contribution is 7.93. The van der Waals surface area contributed by atoms with Gasteiger partial charge in [0.05, 0.1) is 5.92 Å². The second-order valence-electron chi connectivity index (χ2n) is 8.81. The zero-order valence-electron chi connectivity index (χ0n) is 20.3. The number of aromatic amines is 1. The average Bonchev–Trinajstić information content (AvgIpc) is 3.54. The summed E-state index contributed by atoms with van der Waals surface area (Å²) < 4.78 is 32.7. The number of sulfone groups is 1. The van der Waals surface area contributed by atoms with Crippen LogP contribution in [0.3, 0.4) is 0 Å². The lowest BCUT2D eigenvalue weighted by molar-refractivity contribution is 0.306. The summed E-state index contributed by atoms with van der Waals surface area (Å²) in [6, 6.07) is 21.5. The number of nitrogens with one attached hydrogen (secondary N) is 1. The molecule has 2 heterocycles. The van der Waals surface area contributed by atoms with Crippen LogP contribution < -0.4 is 4.74 Å². The Morgan fingerprint density at radius 2 is 1.89 bits per heavy atom. The molecule has 2 aromatic heterocycles. The van der Waals surface area contributed by atoms with E-state index >= 15 is 0 Å². The normalized spacial score (nSPS) is 12.4. The van der Waals surface area contributed by atoms with Gasteiger partial charge in [0.25, 0.3) is 0 Å². The quantitative estimate of drug-likeness (QED) is 0.273. The number of hydrogen-bond donors (Lipinski definition) is 1. The van der Waals surface area contributed by atoms with Gasteiger partial charge in [0.15, 0.2) is 9.84 Å². The van der Waals surface area contributed by atoms with E-state index in [9.17, 15) is 8.42 Å². The molecule has 0 amide bonds. The second kappa shape index (κ2) is 10.2. The molecular weight excluding hydrogens is 504 g/mol. The Hall–Kier alpha value is -4.00. The van der Waals surface area contributed by atoms with Crippen molar-refractivity contribution < 1.29 is 13.2 Å². The Kier molecular flexibility index (Phi) is 6.78. The van der Waals surface area contributed by atoms with E-state index in [-0.39, 0.29) is 5.92 Å². The molecule has 0 saturated heterocycles. The van der Waals surface area contributed by atoms with Crippen molar-refractivity contribution >= 4 is 31.3 Å². The van der Waals surface area contributed by atoms with Gasteiger partial charge in [-0.05, 0) is 63.9 Å². The first kappa shape index (κ1) is 24.7. The number of nitrogens with zero attached hydrogens (tertiary/aromatic N) is 3. The third-order valence-electron chi connectivity index (χ3n) is 6.15. The van der Waals surface area contributed by atoms with Gasteiger partial charge in [-0.25, -0.2) is 13.5 Å². The van der Waals surface area contributed by atoms with Crippen molar-refractivity contribution in [3.8, 4) is 29.2 Å². The van der Waals surface area contributed by atoms with Crippen LogP contribution in [0.5, 0.6) is 5.75 Å². The van der Waals surface area contributed by atoms with Gasteiger partial charge in [0, 0.05) is 28.3 Å². The monoisotopic (exact) mass is 528 g/mol. The number of thiophene rings is 1. The summed E-state index contributed by atoms with van der Waals surface area (Å²) in [6.07, 6.45) is 7.51. The third kappa shape index (κ3) is 5.26. The molecule has 0 spiro atoms. The average molecular weight is 529 g/mol. The van der Waals surface area contributed by atoms with Crippen molar-refractivity contribution in [2.24, 2.45) is 0 Å². The highest BCUT2D eigenvalue weighted by atomic mass is 32.2. The molecule has 0 aliphatic heterocycles. The van der Waals surface area contributed by atoms with E-state index in [0.717, 1.165) is 37.9 Å². The number of terminal acetylenes is 1. The highest BCUT2D eigenvalue weighted by Gasteiger charge is 2.22. The number of benzene rings is 3. The number of aryl methyl sites for hydroxylation is 1. The van der Waals surface area contributed by atoms with E-state index in [1.165, 1.54) is 17.6 Å². The number of H-pyrrole nitrogens is 1. The summed E-state index contributed by atoms with van der Waals surface area (Å²) in [7, 11) is -3.40. The molecule has 186 valence electrons. The van der Waals surface area contributed by atoms with Crippen LogP contribution in [0.25, 0.3) is 21.2 Å². The topological polar surface area (TPSA) is 97.8 Å². The van der Waals surface area contributed by atoms with Crippen molar-refractivity contribution in [1.82, 2.24) is 20.6 Å². The fourth-order valence-corrected chi connectivity index (χ4v) is 6.67. The zero-order valence-corrected chi connectivity index (χ0v) is 21.9. The Bertz CT molecular complexity index is 1700. The van der Waals surface area contributed by atoms with Gasteiger partial charge in [-0.15, -0.1) is 22.9 Å². The maximum Gasteiger partial charge on any atom is 0.185 e. The first-order valence-corrected chi connectivity index (χ1v) is 14.3. The van der Waals surface area contributed by atoms with Gasteiger partial charge < -0.3 is 4.74 Å². The zero-order chi connectivity index (χ0) is 26.0. The molecule has 0 saturated carbocycles. The van der Waals surface area contributed by atoms with Crippen LogP contribution in [0.1, 0.15) is 28.4 Å². The molecule has 0 unspecified atom stereocenters. The highest BCUT2D eigenvalue weighted by Crippen LogP contribution is 2.43. The molecule has 1 atom stereocenters. The maximum absolute atomic E-state index is 12.7. The summed E-state index contributed by atoms with van der Waals surface area (Å²) in [5, 5.41) is 14.7. The van der Waals surface area contributed by atoms with Crippen molar-refractivity contribution in [2.75, 3.05) is 6.26 Å². The number of aromatic nitrogens is 4. The molecule has 1 N–H and O–H groups in total. The van der Waals surface area contributed by atoms with Crippen molar-refractivity contribution in [3.05, 3.63) is 89.2 Å². The predicted octanol–water partition coefficient (Wildman–Crippen LogP) is 5.33. The fraction of sp³-hybridized carbons (Fsp3) is 0.179. The van der Waals surface area contributed by atoms with Crippen LogP contribution >= 0.6 is 11.3 Å². The number of ether oxygens (including phenoxy) is 1. The smallest absolute Gasteiger partial charge is 0.185 e. The van der Waals surface area contributed by atoms with Crippen LogP contribution in [0, 0.1) is 19.3 Å². The molecule has 0 aliphatic rings. The van der Waals surface area contributed by atoms with Gasteiger partial charge in [0.1, 0.15) is 22.4 Å². The summed E-state index contributed by atoms with van der Waals surface area (Å²) in [5.41, 5.74) is 4.63. The molecule has 37 heavy (non-hydrogen) atoms. The van der Waals surface area contributed by atoms with Crippen LogP contribution in [0.2, 0.25) is 0 Å². The lowest BCUT2D eigenvalue weighted by Crippen LogP contribution is -2.02. The maximum atomic E-state index is 12.7. The van der Waals surface area contributed by atoms with E-state index < -0.39 is 9.84 Å². The molecule has 5 aromatic rings. The van der Waals surface area contributed by atoms with Crippen molar-refractivity contribution in [1.29, 1.82) is 0 Å². The van der Waals surface area contributed by atoms with Crippen LogP contribution in [0.15, 0.2) is 70.9 Å². The summed E-state index contributed by atoms with van der Waals surface area (Å²) in [5.74, 6) is 3.98. The summed E-state index contributed by atoms with van der Waals surface area (Å²) in [4.78, 5) is 0. The standard InChI is InChI=1S/C28H24N4O3S2/c1-4-20(16-26-29-31-32-30-26)21-10-12-22(13-11-21)35-17-19-9-14-25-24(15-19)27(28(36-25)37(3,33)34)23-8-6-5-7-18(23)2/h1,5-15,20H,16-17H2,2-3H3,(H,29,30,31,32)/t20-/m0/s1. The number of tetrazole rings is 1. The van der Waals surface area contributed by atoms with Gasteiger partial charge in [-0.1, -0.05) is 48.4 Å². The molecule has 0 radical (unpaired) electrons. The number of fused-ring (bicyclic) bond motifs is 1. The first-order chi connectivity index (χ1) is 17.8. The summed E-state index contributed by atoms with van der Waals surface area (Å²) in [6.45, 7) is 2.34. The Labute approximate surface area is 219 Å². The molecule has 5 rings (SSSR count). The van der Waals surface area contributed by atoms with Gasteiger partial charge in [-0.3, -0.25) is 0 Å².